The maximum absolute atomic E-state index is 12.2. The summed E-state index contributed by atoms with van der Waals surface area (Å²) in [4.78, 5) is 28.7. The molecule has 1 N–H and O–H groups in total. The van der Waals surface area contributed by atoms with Crippen molar-refractivity contribution >= 4 is 23.1 Å². The van der Waals surface area contributed by atoms with E-state index in [-0.39, 0.29) is 17.4 Å². The van der Waals surface area contributed by atoms with E-state index < -0.39 is 0 Å². The van der Waals surface area contributed by atoms with E-state index in [1.54, 1.807) is 11.3 Å². The second-order valence-corrected chi connectivity index (χ2v) is 6.44. The summed E-state index contributed by atoms with van der Waals surface area (Å²) in [5.74, 6) is 0.222. The molecule has 24 heavy (non-hydrogen) atoms. The molecule has 0 saturated heterocycles. The molecule has 124 valence electrons. The third kappa shape index (κ3) is 3.60. The van der Waals surface area contributed by atoms with Gasteiger partial charge in [0.1, 0.15) is 0 Å². The molecule has 0 aliphatic heterocycles. The van der Waals surface area contributed by atoms with Crippen molar-refractivity contribution in [1.82, 2.24) is 14.7 Å². The Morgan fingerprint density at radius 1 is 1.38 bits per heavy atom. The second-order valence-electron chi connectivity index (χ2n) is 5.55. The van der Waals surface area contributed by atoms with Crippen molar-refractivity contribution in [2.45, 2.75) is 26.3 Å². The van der Waals surface area contributed by atoms with Crippen LogP contribution in [0.1, 0.15) is 40.8 Å². The molecule has 8 heteroatoms. The van der Waals surface area contributed by atoms with Crippen LogP contribution in [0.2, 0.25) is 0 Å². The summed E-state index contributed by atoms with van der Waals surface area (Å²) < 4.78 is 6.31. The summed E-state index contributed by atoms with van der Waals surface area (Å²) >= 11 is 1.57. The zero-order valence-electron chi connectivity index (χ0n) is 13.2. The van der Waals surface area contributed by atoms with Gasteiger partial charge in [-0.1, -0.05) is 19.0 Å². The molecule has 0 radical (unpaired) electrons. The van der Waals surface area contributed by atoms with Gasteiger partial charge >= 0.3 is 0 Å². The van der Waals surface area contributed by atoms with E-state index in [0.717, 1.165) is 10.7 Å². The lowest BCUT2D eigenvalue weighted by molar-refractivity contribution is 0.102. The number of thiazole rings is 1. The highest BCUT2D eigenvalue weighted by atomic mass is 32.1. The van der Waals surface area contributed by atoms with Crippen LogP contribution in [0.3, 0.4) is 0 Å². The molecule has 0 unspecified atom stereocenters. The number of pyridine rings is 1. The first kappa shape index (κ1) is 16.1. The molecule has 3 aromatic rings. The van der Waals surface area contributed by atoms with Gasteiger partial charge < -0.3 is 9.09 Å². The summed E-state index contributed by atoms with van der Waals surface area (Å²) in [5.41, 5.74) is 0.967. The maximum atomic E-state index is 12.2. The van der Waals surface area contributed by atoms with E-state index in [9.17, 15) is 9.59 Å². The number of aromatic nitrogens is 3. The average molecular weight is 344 g/mol. The molecule has 1 amide bonds. The van der Waals surface area contributed by atoms with Crippen LogP contribution < -0.4 is 10.9 Å². The molecule has 0 bridgehead atoms. The lowest BCUT2D eigenvalue weighted by Crippen LogP contribution is -2.22. The Morgan fingerprint density at radius 3 is 2.88 bits per heavy atom. The predicted octanol–water partition coefficient (Wildman–Crippen LogP) is 2.72. The lowest BCUT2D eigenvalue weighted by atomic mass is 10.2. The molecule has 3 heterocycles. The highest BCUT2D eigenvalue weighted by molar-refractivity contribution is 7.09. The van der Waals surface area contributed by atoms with Gasteiger partial charge in [0.15, 0.2) is 0 Å². The molecule has 3 rings (SSSR count). The number of carbonyl (C=O) groups is 1. The molecule has 0 aliphatic carbocycles. The molecular weight excluding hydrogens is 328 g/mol. The molecule has 0 spiro atoms. The lowest BCUT2D eigenvalue weighted by Gasteiger charge is -2.06. The van der Waals surface area contributed by atoms with Crippen LogP contribution in [0.15, 0.2) is 45.3 Å². The maximum Gasteiger partial charge on any atom is 0.259 e. The average Bonchev–Trinajstić information content (AvgIpc) is 3.21. The molecule has 0 atom stereocenters. The van der Waals surface area contributed by atoms with E-state index in [2.05, 4.69) is 29.3 Å². The highest BCUT2D eigenvalue weighted by Gasteiger charge is 2.11. The van der Waals surface area contributed by atoms with Crippen molar-refractivity contribution in [1.29, 1.82) is 0 Å². The summed E-state index contributed by atoms with van der Waals surface area (Å²) in [6.07, 6.45) is 2.95. The topological polar surface area (TPSA) is 90.0 Å². The summed E-state index contributed by atoms with van der Waals surface area (Å²) in [6, 6.07) is 4.38. The Bertz CT molecular complexity index is 896. The Labute approximate surface area is 141 Å². The van der Waals surface area contributed by atoms with E-state index in [4.69, 9.17) is 4.52 Å². The van der Waals surface area contributed by atoms with Gasteiger partial charge in [-0.3, -0.25) is 14.9 Å². The molecule has 0 saturated carbocycles. The zero-order valence-corrected chi connectivity index (χ0v) is 14.0. The van der Waals surface area contributed by atoms with E-state index >= 15 is 0 Å². The van der Waals surface area contributed by atoms with Gasteiger partial charge in [-0.25, -0.2) is 4.98 Å². The number of hydrogen-bond donors (Lipinski definition) is 1. The first-order chi connectivity index (χ1) is 11.5. The number of hydrogen-bond acceptors (Lipinski definition) is 6. The minimum atomic E-state index is -0.373. The van der Waals surface area contributed by atoms with Crippen LogP contribution in [0.4, 0.5) is 5.88 Å². The first-order valence-corrected chi connectivity index (χ1v) is 8.27. The Balaban J connectivity index is 1.80. The number of nitrogens with zero attached hydrogens (tertiary/aromatic N) is 3. The van der Waals surface area contributed by atoms with Gasteiger partial charge in [-0.05, 0) is 6.07 Å². The van der Waals surface area contributed by atoms with Crippen LogP contribution in [-0.2, 0) is 6.54 Å². The largest absolute Gasteiger partial charge is 0.338 e. The van der Waals surface area contributed by atoms with Gasteiger partial charge in [0.2, 0.25) is 5.88 Å². The van der Waals surface area contributed by atoms with E-state index in [0.29, 0.717) is 18.0 Å². The smallest absolute Gasteiger partial charge is 0.259 e. The molecular formula is C16H16N4O3S. The predicted molar refractivity (Wildman–Crippen MR) is 90.5 cm³/mol. The van der Waals surface area contributed by atoms with E-state index in [1.807, 2.05) is 5.38 Å². The van der Waals surface area contributed by atoms with Crippen LogP contribution in [-0.4, -0.2) is 20.6 Å². The van der Waals surface area contributed by atoms with Crippen molar-refractivity contribution in [3.63, 3.8) is 0 Å². The van der Waals surface area contributed by atoms with Crippen LogP contribution in [0, 0.1) is 0 Å². The van der Waals surface area contributed by atoms with Gasteiger partial charge in [0.05, 0.1) is 29.0 Å². The van der Waals surface area contributed by atoms with Crippen molar-refractivity contribution in [2.24, 2.45) is 0 Å². The zero-order chi connectivity index (χ0) is 17.1. The molecule has 7 nitrogen and oxygen atoms in total. The Hall–Kier alpha value is -2.74. The normalized spacial score (nSPS) is 11.0. The molecule has 0 aliphatic rings. The Kier molecular flexibility index (Phi) is 4.57. The van der Waals surface area contributed by atoms with Crippen molar-refractivity contribution < 1.29 is 9.32 Å². The van der Waals surface area contributed by atoms with Crippen molar-refractivity contribution in [3.05, 3.63) is 62.6 Å². The highest BCUT2D eigenvalue weighted by Crippen LogP contribution is 2.19. The summed E-state index contributed by atoms with van der Waals surface area (Å²) in [6.45, 7) is 4.47. The van der Waals surface area contributed by atoms with Crippen LogP contribution in [0.5, 0.6) is 0 Å². The minimum Gasteiger partial charge on any atom is -0.338 e. The SMILES string of the molecule is CC(C)c1nc(Cn2cc(C(=O)Nc3ccno3)ccc2=O)cs1. The number of carbonyl (C=O) groups excluding carboxylic acids is 1. The van der Waals surface area contributed by atoms with Crippen molar-refractivity contribution in [2.75, 3.05) is 5.32 Å². The summed E-state index contributed by atoms with van der Waals surface area (Å²) in [5, 5.41) is 9.05. The monoisotopic (exact) mass is 344 g/mol. The third-order valence-corrected chi connectivity index (χ3v) is 4.51. The van der Waals surface area contributed by atoms with Gasteiger partial charge in [0.25, 0.3) is 11.5 Å². The standard InChI is InChI=1S/C16H16N4O3S/c1-10(2)16-18-12(9-24-16)8-20-7-11(3-4-14(20)21)15(22)19-13-5-6-17-23-13/h3-7,9-10H,8H2,1-2H3,(H,19,22). The quantitative estimate of drug-likeness (QED) is 0.768. The fourth-order valence-corrected chi connectivity index (χ4v) is 2.91. The first-order valence-electron chi connectivity index (χ1n) is 7.40. The van der Waals surface area contributed by atoms with Crippen LogP contribution in [0.25, 0.3) is 0 Å². The van der Waals surface area contributed by atoms with Gasteiger partial charge in [-0.2, -0.15) is 0 Å². The molecule has 3 aromatic heterocycles. The number of amides is 1. The fraction of sp³-hybridized carbons (Fsp3) is 0.250. The number of nitrogens with one attached hydrogen (secondary N) is 1. The molecule has 0 aromatic carbocycles. The number of rotatable bonds is 5. The summed E-state index contributed by atoms with van der Waals surface area (Å²) in [7, 11) is 0. The Morgan fingerprint density at radius 2 is 2.21 bits per heavy atom. The third-order valence-electron chi connectivity index (χ3n) is 3.32. The van der Waals surface area contributed by atoms with Gasteiger partial charge in [-0.15, -0.1) is 11.3 Å². The van der Waals surface area contributed by atoms with E-state index in [1.165, 1.54) is 35.2 Å². The van der Waals surface area contributed by atoms with Gasteiger partial charge in [0, 0.05) is 29.6 Å². The number of anilines is 1. The van der Waals surface area contributed by atoms with Crippen LogP contribution >= 0.6 is 11.3 Å². The minimum absolute atomic E-state index is 0.190. The van der Waals surface area contributed by atoms with Crippen molar-refractivity contribution in [3.8, 4) is 0 Å². The second kappa shape index (κ2) is 6.79. The molecule has 0 fully saturated rings. The fourth-order valence-electron chi connectivity index (χ4n) is 2.09.